The first-order valence-electron chi connectivity index (χ1n) is 9.78. The molecule has 0 saturated carbocycles. The Morgan fingerprint density at radius 3 is 2.83 bits per heavy atom. The van der Waals surface area contributed by atoms with Gasteiger partial charge in [-0.15, -0.1) is 0 Å². The largest absolute Gasteiger partial charge is 0.368 e. The molecule has 1 fully saturated rings. The van der Waals surface area contributed by atoms with E-state index in [1.54, 1.807) is 18.3 Å². The highest BCUT2D eigenvalue weighted by atomic mass is 32.1. The number of hydrazone groups is 1. The number of rotatable bonds is 6. The molecule has 1 aliphatic heterocycles. The molecule has 8 heteroatoms. The number of nitro benzene ring substituents is 1. The van der Waals surface area contributed by atoms with E-state index in [1.807, 2.05) is 36.4 Å². The van der Waals surface area contributed by atoms with Gasteiger partial charge in [0.05, 0.1) is 11.1 Å². The number of anilines is 2. The molecule has 1 unspecified atom stereocenters. The Balaban J connectivity index is 1.78. The maximum atomic E-state index is 11.2. The molecule has 1 heterocycles. The van der Waals surface area contributed by atoms with Crippen LogP contribution in [0.3, 0.4) is 0 Å². The molecule has 29 heavy (non-hydrogen) atoms. The van der Waals surface area contributed by atoms with E-state index in [1.165, 1.54) is 6.42 Å². The second-order valence-corrected chi connectivity index (χ2v) is 7.35. The minimum absolute atomic E-state index is 0.0465. The first kappa shape index (κ1) is 20.7. The van der Waals surface area contributed by atoms with Crippen LogP contribution in [0.5, 0.6) is 0 Å². The van der Waals surface area contributed by atoms with Crippen LogP contribution in [0.1, 0.15) is 38.2 Å². The van der Waals surface area contributed by atoms with Crippen LogP contribution >= 0.6 is 12.2 Å². The maximum absolute atomic E-state index is 11.2. The van der Waals surface area contributed by atoms with Crippen molar-refractivity contribution >= 4 is 40.6 Å². The molecule has 0 amide bonds. The summed E-state index contributed by atoms with van der Waals surface area (Å²) < 4.78 is 0. The second-order valence-electron chi connectivity index (χ2n) is 6.94. The van der Waals surface area contributed by atoms with Crippen LogP contribution in [0.4, 0.5) is 17.1 Å². The van der Waals surface area contributed by atoms with Crippen molar-refractivity contribution in [2.75, 3.05) is 16.8 Å². The molecule has 0 spiro atoms. The Kier molecular flexibility index (Phi) is 7.13. The fourth-order valence-corrected chi connectivity index (χ4v) is 3.77. The fraction of sp³-hybridized carbons (Fsp3) is 0.333. The number of non-ortho nitro benzene ring substituents is 1. The van der Waals surface area contributed by atoms with Crippen molar-refractivity contribution < 1.29 is 4.92 Å². The zero-order valence-electron chi connectivity index (χ0n) is 16.4. The van der Waals surface area contributed by atoms with Gasteiger partial charge in [0, 0.05) is 41.7 Å². The molecule has 1 atom stereocenters. The third-order valence-electron chi connectivity index (χ3n) is 5.03. The number of thiocarbonyl (C=S) groups is 1. The predicted molar refractivity (Wildman–Crippen MR) is 122 cm³/mol. The fourth-order valence-electron chi connectivity index (χ4n) is 3.60. The molecule has 2 aromatic carbocycles. The molecule has 0 aliphatic carbocycles. The number of para-hydroxylation sites is 1. The maximum Gasteiger partial charge on any atom is 0.270 e. The number of nitrogens with one attached hydrogen (secondary N) is 2. The van der Waals surface area contributed by atoms with E-state index >= 15 is 0 Å². The zero-order chi connectivity index (χ0) is 20.6. The molecule has 1 aliphatic rings. The molecule has 7 nitrogen and oxygen atoms in total. The van der Waals surface area contributed by atoms with Crippen LogP contribution in [-0.2, 0) is 0 Å². The highest BCUT2D eigenvalue weighted by molar-refractivity contribution is 7.80. The molecular weight excluding hydrogens is 386 g/mol. The third-order valence-corrected chi connectivity index (χ3v) is 5.22. The van der Waals surface area contributed by atoms with Gasteiger partial charge in [-0.3, -0.25) is 15.5 Å². The van der Waals surface area contributed by atoms with Crippen molar-refractivity contribution in [1.29, 1.82) is 0 Å². The van der Waals surface area contributed by atoms with Crippen molar-refractivity contribution in [2.45, 2.75) is 38.6 Å². The molecule has 2 aromatic rings. The highest BCUT2D eigenvalue weighted by Crippen LogP contribution is 2.31. The van der Waals surface area contributed by atoms with Gasteiger partial charge in [0.1, 0.15) is 0 Å². The number of hydrogen-bond donors (Lipinski definition) is 2. The topological polar surface area (TPSA) is 82.8 Å². The smallest absolute Gasteiger partial charge is 0.270 e. The van der Waals surface area contributed by atoms with E-state index in [0.717, 1.165) is 37.2 Å². The van der Waals surface area contributed by atoms with Crippen LogP contribution in [-0.4, -0.2) is 28.8 Å². The SMILES string of the molecule is CCC1CCCCN1c1ccc([N+](=O)[O-])cc1/C=N/NC(=S)Nc1ccccc1. The summed E-state index contributed by atoms with van der Waals surface area (Å²) in [6, 6.07) is 14.9. The van der Waals surface area contributed by atoms with Crippen LogP contribution in [0, 0.1) is 10.1 Å². The second kappa shape index (κ2) is 9.97. The summed E-state index contributed by atoms with van der Waals surface area (Å²) in [5.41, 5.74) is 5.36. The van der Waals surface area contributed by atoms with Crippen molar-refractivity contribution in [3.8, 4) is 0 Å². The lowest BCUT2D eigenvalue weighted by Crippen LogP contribution is -2.39. The minimum atomic E-state index is -0.385. The van der Waals surface area contributed by atoms with Gasteiger partial charge < -0.3 is 10.2 Å². The Hall–Kier alpha value is -3.00. The molecule has 152 valence electrons. The molecular formula is C21H25N5O2S. The van der Waals surface area contributed by atoms with E-state index in [0.29, 0.717) is 16.7 Å². The summed E-state index contributed by atoms with van der Waals surface area (Å²) in [5.74, 6) is 0. The van der Waals surface area contributed by atoms with Gasteiger partial charge in [-0.25, -0.2) is 0 Å². The first-order chi connectivity index (χ1) is 14.1. The minimum Gasteiger partial charge on any atom is -0.368 e. The lowest BCUT2D eigenvalue weighted by Gasteiger charge is -2.38. The Labute approximate surface area is 176 Å². The number of hydrogen-bond acceptors (Lipinski definition) is 5. The molecule has 1 saturated heterocycles. The highest BCUT2D eigenvalue weighted by Gasteiger charge is 2.23. The Morgan fingerprint density at radius 2 is 2.10 bits per heavy atom. The monoisotopic (exact) mass is 411 g/mol. The van der Waals surface area contributed by atoms with Gasteiger partial charge in [-0.1, -0.05) is 25.1 Å². The van der Waals surface area contributed by atoms with Crippen LogP contribution in [0.2, 0.25) is 0 Å². The van der Waals surface area contributed by atoms with Crippen LogP contribution < -0.4 is 15.6 Å². The summed E-state index contributed by atoms with van der Waals surface area (Å²) in [5, 5.41) is 18.9. The van der Waals surface area contributed by atoms with Gasteiger partial charge in [-0.05, 0) is 56.1 Å². The van der Waals surface area contributed by atoms with Gasteiger partial charge in [0.25, 0.3) is 5.69 Å². The van der Waals surface area contributed by atoms with E-state index in [-0.39, 0.29) is 10.6 Å². The van der Waals surface area contributed by atoms with E-state index in [2.05, 4.69) is 27.7 Å². The van der Waals surface area contributed by atoms with Crippen molar-refractivity contribution in [3.05, 3.63) is 64.2 Å². The van der Waals surface area contributed by atoms with Gasteiger partial charge in [0.15, 0.2) is 5.11 Å². The molecule has 3 rings (SSSR count). The molecule has 0 bridgehead atoms. The molecule has 2 N–H and O–H groups in total. The van der Waals surface area contributed by atoms with Crippen molar-refractivity contribution in [1.82, 2.24) is 5.43 Å². The molecule has 0 radical (unpaired) electrons. The lowest BCUT2D eigenvalue weighted by atomic mass is 9.98. The van der Waals surface area contributed by atoms with Crippen LogP contribution in [0.15, 0.2) is 53.6 Å². The third kappa shape index (κ3) is 5.51. The van der Waals surface area contributed by atoms with E-state index in [4.69, 9.17) is 12.2 Å². The van der Waals surface area contributed by atoms with Gasteiger partial charge in [-0.2, -0.15) is 5.10 Å². The summed E-state index contributed by atoms with van der Waals surface area (Å²) in [7, 11) is 0. The average molecular weight is 412 g/mol. The van der Waals surface area contributed by atoms with Crippen LogP contribution in [0.25, 0.3) is 0 Å². The summed E-state index contributed by atoms with van der Waals surface area (Å²) >= 11 is 5.26. The quantitative estimate of drug-likeness (QED) is 0.311. The average Bonchev–Trinajstić information content (AvgIpc) is 2.74. The number of piperidine rings is 1. The number of nitro groups is 1. The standard InChI is InChI=1S/C21H25N5O2S/c1-2-18-10-6-7-13-25(18)20-12-11-19(26(27)28)14-16(20)15-22-24-21(29)23-17-8-4-3-5-9-17/h3-5,8-9,11-12,14-15,18H,2,6-7,10,13H2,1H3,(H2,23,24,29)/b22-15+. The first-order valence-corrected chi connectivity index (χ1v) is 10.2. The van der Waals surface area contributed by atoms with Gasteiger partial charge >= 0.3 is 0 Å². The zero-order valence-corrected chi connectivity index (χ0v) is 17.2. The summed E-state index contributed by atoms with van der Waals surface area (Å²) in [6.07, 6.45) is 6.10. The summed E-state index contributed by atoms with van der Waals surface area (Å²) in [4.78, 5) is 13.2. The predicted octanol–water partition coefficient (Wildman–Crippen LogP) is 4.68. The normalized spacial score (nSPS) is 16.6. The Bertz CT molecular complexity index is 888. The van der Waals surface area contributed by atoms with Crippen molar-refractivity contribution in [3.63, 3.8) is 0 Å². The molecule has 0 aromatic heterocycles. The number of benzene rings is 2. The van der Waals surface area contributed by atoms with E-state index in [9.17, 15) is 10.1 Å². The lowest BCUT2D eigenvalue weighted by molar-refractivity contribution is -0.384. The van der Waals surface area contributed by atoms with E-state index < -0.39 is 0 Å². The van der Waals surface area contributed by atoms with Crippen molar-refractivity contribution in [2.24, 2.45) is 5.10 Å². The Morgan fingerprint density at radius 1 is 1.31 bits per heavy atom. The van der Waals surface area contributed by atoms with Gasteiger partial charge in [0.2, 0.25) is 0 Å². The number of nitrogens with zero attached hydrogens (tertiary/aromatic N) is 3. The summed E-state index contributed by atoms with van der Waals surface area (Å²) in [6.45, 7) is 3.12.